The van der Waals surface area contributed by atoms with E-state index in [0.29, 0.717) is 28.8 Å². The Hall–Kier alpha value is -3.88. The lowest BCUT2D eigenvalue weighted by molar-refractivity contribution is -0.122. The van der Waals surface area contributed by atoms with Crippen LogP contribution in [0.25, 0.3) is 5.82 Å². The highest BCUT2D eigenvalue weighted by Crippen LogP contribution is 2.37. The number of carbonyl (C=O) groups is 2. The van der Waals surface area contributed by atoms with Gasteiger partial charge in [-0.2, -0.15) is 9.78 Å². The minimum atomic E-state index is -0.493. The van der Waals surface area contributed by atoms with Crippen molar-refractivity contribution in [2.24, 2.45) is 5.92 Å². The molecule has 2 aliphatic rings. The van der Waals surface area contributed by atoms with E-state index in [4.69, 9.17) is 9.47 Å². The molecule has 0 saturated carbocycles. The number of nitrogens with one attached hydrogen (secondary N) is 1. The number of hydrogen-bond acceptors (Lipinski definition) is 6. The van der Waals surface area contributed by atoms with Crippen LogP contribution in [0.2, 0.25) is 0 Å². The molecule has 1 aromatic carbocycles. The first-order valence-electron chi connectivity index (χ1n) is 10.8. The Bertz CT molecular complexity index is 1220. The fourth-order valence-corrected chi connectivity index (χ4v) is 3.90. The Balaban J connectivity index is 1.37. The lowest BCUT2D eigenvalue weighted by Crippen LogP contribution is -2.28. The highest BCUT2D eigenvalue weighted by atomic mass is 16.7. The number of benzene rings is 1. The van der Waals surface area contributed by atoms with Gasteiger partial charge in [-0.1, -0.05) is 26.8 Å². The summed E-state index contributed by atoms with van der Waals surface area (Å²) in [5, 5.41) is 7.65. The lowest BCUT2D eigenvalue weighted by Gasteiger charge is -2.17. The van der Waals surface area contributed by atoms with Gasteiger partial charge in [-0.15, -0.1) is 0 Å². The smallest absolute Gasteiger partial charge is 0.231 e. The average molecular weight is 447 g/mol. The van der Waals surface area contributed by atoms with Gasteiger partial charge in [0, 0.05) is 42.4 Å². The molecule has 0 aliphatic carbocycles. The number of amides is 2. The van der Waals surface area contributed by atoms with Crippen LogP contribution in [0.15, 0.2) is 48.7 Å². The number of anilines is 2. The maximum absolute atomic E-state index is 13.2. The molecule has 1 atom stereocenters. The average Bonchev–Trinajstić information content (AvgIpc) is 3.51. The van der Waals surface area contributed by atoms with Crippen LogP contribution in [0.3, 0.4) is 0 Å². The fraction of sp³-hybridized carbons (Fsp3) is 0.333. The Morgan fingerprint density at radius 2 is 1.94 bits per heavy atom. The summed E-state index contributed by atoms with van der Waals surface area (Å²) in [4.78, 5) is 31.9. The molecule has 1 unspecified atom stereocenters. The van der Waals surface area contributed by atoms with Crippen molar-refractivity contribution in [3.05, 3.63) is 54.4 Å². The van der Waals surface area contributed by atoms with Crippen molar-refractivity contribution in [1.82, 2.24) is 14.8 Å². The molecule has 1 N–H and O–H groups in total. The monoisotopic (exact) mass is 447 g/mol. The predicted molar refractivity (Wildman–Crippen MR) is 122 cm³/mol. The van der Waals surface area contributed by atoms with Crippen molar-refractivity contribution in [3.63, 3.8) is 0 Å². The van der Waals surface area contributed by atoms with Crippen LogP contribution in [-0.4, -0.2) is 39.9 Å². The van der Waals surface area contributed by atoms with Crippen LogP contribution in [0.5, 0.6) is 11.5 Å². The Labute approximate surface area is 191 Å². The van der Waals surface area contributed by atoms with Crippen LogP contribution in [0.4, 0.5) is 11.5 Å². The standard InChI is InChI=1S/C24H25N5O4/c1-24(2,3)19-12-21(29(27-19)20-6-4-5-9-25-20)26-23(31)15-10-22(30)28(13-15)16-7-8-17-18(11-16)33-14-32-17/h4-9,11-12,15H,10,13-14H2,1-3H3,(H,26,31). The quantitative estimate of drug-likeness (QED) is 0.659. The van der Waals surface area contributed by atoms with Crippen LogP contribution >= 0.6 is 0 Å². The number of ether oxygens (including phenoxy) is 2. The van der Waals surface area contributed by atoms with Crippen LogP contribution in [0, 0.1) is 5.92 Å². The number of nitrogens with zero attached hydrogens (tertiary/aromatic N) is 4. The summed E-state index contributed by atoms with van der Waals surface area (Å²) in [6.07, 6.45) is 1.81. The summed E-state index contributed by atoms with van der Waals surface area (Å²) in [5.41, 5.74) is 1.31. The summed E-state index contributed by atoms with van der Waals surface area (Å²) < 4.78 is 12.4. The zero-order chi connectivity index (χ0) is 23.2. The van der Waals surface area contributed by atoms with Crippen molar-refractivity contribution in [2.75, 3.05) is 23.6 Å². The van der Waals surface area contributed by atoms with E-state index in [1.807, 2.05) is 24.3 Å². The highest BCUT2D eigenvalue weighted by molar-refractivity contribution is 6.03. The van der Waals surface area contributed by atoms with Crippen LogP contribution in [-0.2, 0) is 15.0 Å². The number of carbonyl (C=O) groups excluding carboxylic acids is 2. The van der Waals surface area contributed by atoms with Crippen molar-refractivity contribution >= 4 is 23.3 Å². The molecule has 0 bridgehead atoms. The van der Waals surface area contributed by atoms with Gasteiger partial charge in [0.1, 0.15) is 5.82 Å². The predicted octanol–water partition coefficient (Wildman–Crippen LogP) is 3.29. The SMILES string of the molecule is CC(C)(C)c1cc(NC(=O)C2CC(=O)N(c3ccc4c(c3)OCO4)C2)n(-c2ccccn2)n1. The summed E-state index contributed by atoms with van der Waals surface area (Å²) in [5.74, 6) is 1.55. The van der Waals surface area contributed by atoms with Gasteiger partial charge in [0.15, 0.2) is 17.3 Å². The van der Waals surface area contributed by atoms with Crippen molar-refractivity contribution in [3.8, 4) is 17.3 Å². The van der Waals surface area contributed by atoms with Gasteiger partial charge in [0.05, 0.1) is 11.6 Å². The van der Waals surface area contributed by atoms with E-state index in [9.17, 15) is 9.59 Å². The molecule has 2 amide bonds. The minimum Gasteiger partial charge on any atom is -0.454 e. The van der Waals surface area contributed by atoms with Crippen LogP contribution < -0.4 is 19.7 Å². The second-order valence-electron chi connectivity index (χ2n) is 9.20. The molecule has 1 saturated heterocycles. The van der Waals surface area contributed by atoms with Crippen LogP contribution in [0.1, 0.15) is 32.9 Å². The molecule has 2 aromatic heterocycles. The van der Waals surface area contributed by atoms with Gasteiger partial charge in [-0.05, 0) is 24.3 Å². The van der Waals surface area contributed by atoms with E-state index < -0.39 is 5.92 Å². The molecule has 0 spiro atoms. The van der Waals surface area contributed by atoms with Gasteiger partial charge in [0.25, 0.3) is 0 Å². The van der Waals surface area contributed by atoms with E-state index in [-0.39, 0.29) is 37.0 Å². The summed E-state index contributed by atoms with van der Waals surface area (Å²) in [6.45, 7) is 6.63. The number of fused-ring (bicyclic) bond motifs is 1. The maximum atomic E-state index is 13.2. The molecular formula is C24H25N5O4. The van der Waals surface area contributed by atoms with Crippen molar-refractivity contribution in [2.45, 2.75) is 32.6 Å². The number of rotatable bonds is 4. The second kappa shape index (κ2) is 7.91. The topological polar surface area (TPSA) is 98.6 Å². The van der Waals surface area contributed by atoms with Gasteiger partial charge >= 0.3 is 0 Å². The van der Waals surface area contributed by atoms with E-state index in [0.717, 1.165) is 5.69 Å². The van der Waals surface area contributed by atoms with E-state index in [1.165, 1.54) is 0 Å². The summed E-state index contributed by atoms with van der Waals surface area (Å²) in [7, 11) is 0. The molecule has 3 aromatic rings. The second-order valence-corrected chi connectivity index (χ2v) is 9.20. The molecule has 1 fully saturated rings. The Kier molecular flexibility index (Phi) is 5.03. The molecular weight excluding hydrogens is 422 g/mol. The largest absolute Gasteiger partial charge is 0.454 e. The van der Waals surface area contributed by atoms with Gasteiger partial charge in [0.2, 0.25) is 18.6 Å². The molecule has 33 heavy (non-hydrogen) atoms. The summed E-state index contributed by atoms with van der Waals surface area (Å²) in [6, 6.07) is 12.7. The Morgan fingerprint density at radius 1 is 1.12 bits per heavy atom. The third-order valence-corrected chi connectivity index (χ3v) is 5.76. The third kappa shape index (κ3) is 4.02. The molecule has 9 heteroatoms. The number of aromatic nitrogens is 3. The maximum Gasteiger partial charge on any atom is 0.231 e. The fourth-order valence-electron chi connectivity index (χ4n) is 3.90. The van der Waals surface area contributed by atoms with Gasteiger partial charge in [-0.3, -0.25) is 9.59 Å². The van der Waals surface area contributed by atoms with E-state index in [2.05, 4.69) is 36.2 Å². The summed E-state index contributed by atoms with van der Waals surface area (Å²) >= 11 is 0. The first-order valence-corrected chi connectivity index (χ1v) is 10.8. The first-order chi connectivity index (χ1) is 15.8. The molecule has 170 valence electrons. The molecule has 9 nitrogen and oxygen atoms in total. The minimum absolute atomic E-state index is 0.109. The third-order valence-electron chi connectivity index (χ3n) is 5.76. The Morgan fingerprint density at radius 3 is 2.70 bits per heavy atom. The van der Waals surface area contributed by atoms with E-state index in [1.54, 1.807) is 34.0 Å². The number of pyridine rings is 1. The van der Waals surface area contributed by atoms with E-state index >= 15 is 0 Å². The molecule has 4 heterocycles. The van der Waals surface area contributed by atoms with Crippen molar-refractivity contribution < 1.29 is 19.1 Å². The first kappa shape index (κ1) is 21.0. The zero-order valence-corrected chi connectivity index (χ0v) is 18.7. The molecule has 5 rings (SSSR count). The van der Waals surface area contributed by atoms with Gasteiger partial charge in [-0.25, -0.2) is 4.98 Å². The molecule has 2 aliphatic heterocycles. The number of hydrogen-bond donors (Lipinski definition) is 1. The zero-order valence-electron chi connectivity index (χ0n) is 18.7. The van der Waals surface area contributed by atoms with Crippen molar-refractivity contribution in [1.29, 1.82) is 0 Å². The normalized spacial score (nSPS) is 17.5. The van der Waals surface area contributed by atoms with Gasteiger partial charge < -0.3 is 19.7 Å². The highest BCUT2D eigenvalue weighted by Gasteiger charge is 2.36. The molecule has 0 radical (unpaired) electrons. The lowest BCUT2D eigenvalue weighted by atomic mass is 9.92.